The van der Waals surface area contributed by atoms with Gasteiger partial charge in [-0.15, -0.1) is 11.6 Å². The predicted octanol–water partition coefficient (Wildman–Crippen LogP) is 3.08. The molecule has 1 aliphatic heterocycles. The maximum atomic E-state index is 5.77. The summed E-state index contributed by atoms with van der Waals surface area (Å²) in [6.07, 6.45) is 4.72. The number of nitrogens with zero attached hydrogens (tertiary/aromatic N) is 2. The molecule has 1 saturated heterocycles. The SMILES string of the molecule is COc1cccc(N2CCCC2CCCCl)n1. The van der Waals surface area contributed by atoms with Crippen LogP contribution in [0.3, 0.4) is 0 Å². The van der Waals surface area contributed by atoms with E-state index in [-0.39, 0.29) is 0 Å². The highest BCUT2D eigenvalue weighted by Crippen LogP contribution is 2.27. The number of anilines is 1. The highest BCUT2D eigenvalue weighted by atomic mass is 35.5. The van der Waals surface area contributed by atoms with Crippen LogP contribution in [0.5, 0.6) is 5.88 Å². The molecule has 2 heterocycles. The molecule has 17 heavy (non-hydrogen) atoms. The zero-order valence-corrected chi connectivity index (χ0v) is 11.0. The van der Waals surface area contributed by atoms with Crippen LogP contribution in [0.1, 0.15) is 25.7 Å². The van der Waals surface area contributed by atoms with Crippen molar-refractivity contribution < 1.29 is 4.74 Å². The monoisotopic (exact) mass is 254 g/mol. The van der Waals surface area contributed by atoms with E-state index in [4.69, 9.17) is 16.3 Å². The van der Waals surface area contributed by atoms with Gasteiger partial charge in [0.1, 0.15) is 5.82 Å². The van der Waals surface area contributed by atoms with E-state index in [0.717, 1.165) is 31.1 Å². The molecule has 1 unspecified atom stereocenters. The number of halogens is 1. The van der Waals surface area contributed by atoms with Crippen LogP contribution in [0.4, 0.5) is 5.82 Å². The number of hydrogen-bond donors (Lipinski definition) is 0. The zero-order chi connectivity index (χ0) is 12.1. The molecule has 0 bridgehead atoms. The largest absolute Gasteiger partial charge is 0.481 e. The van der Waals surface area contributed by atoms with Crippen LogP contribution in [-0.2, 0) is 0 Å². The van der Waals surface area contributed by atoms with Gasteiger partial charge in [-0.25, -0.2) is 0 Å². The third kappa shape index (κ3) is 3.03. The van der Waals surface area contributed by atoms with E-state index < -0.39 is 0 Å². The van der Waals surface area contributed by atoms with Crippen molar-refractivity contribution >= 4 is 17.4 Å². The number of alkyl halides is 1. The van der Waals surface area contributed by atoms with E-state index in [1.807, 2.05) is 12.1 Å². The standard InChI is InChI=1S/C13H19ClN2O/c1-17-13-8-2-7-12(15-13)16-10-4-6-11(16)5-3-9-14/h2,7-8,11H,3-6,9-10H2,1H3. The molecule has 0 N–H and O–H groups in total. The van der Waals surface area contributed by atoms with E-state index >= 15 is 0 Å². The van der Waals surface area contributed by atoms with Gasteiger partial charge in [0.15, 0.2) is 0 Å². The summed E-state index contributed by atoms with van der Waals surface area (Å²) < 4.78 is 5.17. The summed E-state index contributed by atoms with van der Waals surface area (Å²) in [5, 5.41) is 0. The zero-order valence-electron chi connectivity index (χ0n) is 10.2. The number of methoxy groups -OCH3 is 1. The lowest BCUT2D eigenvalue weighted by Gasteiger charge is -2.25. The first kappa shape index (κ1) is 12.5. The van der Waals surface area contributed by atoms with Gasteiger partial charge in [-0.2, -0.15) is 4.98 Å². The molecule has 1 atom stereocenters. The topological polar surface area (TPSA) is 25.4 Å². The molecule has 1 aromatic heterocycles. The van der Waals surface area contributed by atoms with Gasteiger partial charge in [-0.1, -0.05) is 6.07 Å². The quantitative estimate of drug-likeness (QED) is 0.755. The van der Waals surface area contributed by atoms with Gasteiger partial charge in [0.2, 0.25) is 5.88 Å². The van der Waals surface area contributed by atoms with E-state index in [1.54, 1.807) is 7.11 Å². The molecule has 0 aromatic carbocycles. The van der Waals surface area contributed by atoms with E-state index in [9.17, 15) is 0 Å². The summed E-state index contributed by atoms with van der Waals surface area (Å²) in [5.74, 6) is 2.46. The molecular weight excluding hydrogens is 236 g/mol. The van der Waals surface area contributed by atoms with Crippen molar-refractivity contribution in [3.8, 4) is 5.88 Å². The van der Waals surface area contributed by atoms with Crippen LogP contribution < -0.4 is 9.64 Å². The molecule has 2 rings (SSSR count). The molecule has 0 amide bonds. The van der Waals surface area contributed by atoms with Crippen LogP contribution in [0.25, 0.3) is 0 Å². The molecule has 1 aromatic rings. The maximum Gasteiger partial charge on any atom is 0.214 e. The van der Waals surface area contributed by atoms with Crippen LogP contribution in [0.15, 0.2) is 18.2 Å². The Labute approximate surface area is 108 Å². The second-order valence-corrected chi connectivity index (χ2v) is 4.74. The van der Waals surface area contributed by atoms with Gasteiger partial charge in [-0.05, 0) is 31.7 Å². The number of rotatable bonds is 5. The highest BCUT2D eigenvalue weighted by Gasteiger charge is 2.25. The summed E-state index contributed by atoms with van der Waals surface area (Å²) in [4.78, 5) is 6.89. The van der Waals surface area contributed by atoms with Crippen molar-refractivity contribution in [1.82, 2.24) is 4.98 Å². The van der Waals surface area contributed by atoms with Gasteiger partial charge in [0.25, 0.3) is 0 Å². The van der Waals surface area contributed by atoms with Crippen molar-refractivity contribution in [2.24, 2.45) is 0 Å². The summed E-state index contributed by atoms with van der Waals surface area (Å²) in [7, 11) is 1.65. The van der Waals surface area contributed by atoms with Gasteiger partial charge in [-0.3, -0.25) is 0 Å². The van der Waals surface area contributed by atoms with Crippen LogP contribution in [0, 0.1) is 0 Å². The molecule has 1 aliphatic rings. The molecular formula is C13H19ClN2O. The molecule has 0 aliphatic carbocycles. The second kappa shape index (κ2) is 6.10. The molecule has 1 fully saturated rings. The van der Waals surface area contributed by atoms with E-state index in [1.165, 1.54) is 12.8 Å². The average molecular weight is 255 g/mol. The van der Waals surface area contributed by atoms with Gasteiger partial charge >= 0.3 is 0 Å². The summed E-state index contributed by atoms with van der Waals surface area (Å²) in [6.45, 7) is 1.09. The number of hydrogen-bond acceptors (Lipinski definition) is 3. The molecule has 3 nitrogen and oxygen atoms in total. The van der Waals surface area contributed by atoms with Gasteiger partial charge < -0.3 is 9.64 Å². The van der Waals surface area contributed by atoms with Gasteiger partial charge in [0, 0.05) is 24.5 Å². The first-order chi connectivity index (χ1) is 8.35. The molecule has 4 heteroatoms. The summed E-state index contributed by atoms with van der Waals surface area (Å²) in [6, 6.07) is 6.53. The Bertz CT molecular complexity index is 359. The molecule has 94 valence electrons. The minimum absolute atomic E-state index is 0.591. The minimum atomic E-state index is 0.591. The fourth-order valence-corrected chi connectivity index (χ4v) is 2.58. The average Bonchev–Trinajstić information content (AvgIpc) is 2.84. The van der Waals surface area contributed by atoms with Crippen LogP contribution in [-0.4, -0.2) is 30.6 Å². The van der Waals surface area contributed by atoms with E-state index in [0.29, 0.717) is 11.9 Å². The number of pyridine rings is 1. The first-order valence-electron chi connectivity index (χ1n) is 6.19. The van der Waals surface area contributed by atoms with Gasteiger partial charge in [0.05, 0.1) is 7.11 Å². The van der Waals surface area contributed by atoms with Crippen LogP contribution >= 0.6 is 11.6 Å². The smallest absolute Gasteiger partial charge is 0.214 e. The molecule has 0 radical (unpaired) electrons. The first-order valence-corrected chi connectivity index (χ1v) is 6.72. The Kier molecular flexibility index (Phi) is 4.49. The number of ether oxygens (including phenoxy) is 1. The fraction of sp³-hybridized carbons (Fsp3) is 0.615. The van der Waals surface area contributed by atoms with E-state index in [2.05, 4.69) is 16.0 Å². The second-order valence-electron chi connectivity index (χ2n) is 4.36. The predicted molar refractivity (Wildman–Crippen MR) is 71.1 cm³/mol. The Balaban J connectivity index is 2.08. The normalized spacial score (nSPS) is 19.6. The molecule has 0 spiro atoms. The van der Waals surface area contributed by atoms with Crippen molar-refractivity contribution in [3.63, 3.8) is 0 Å². The van der Waals surface area contributed by atoms with Crippen molar-refractivity contribution in [2.45, 2.75) is 31.7 Å². The fourth-order valence-electron chi connectivity index (χ4n) is 2.43. The lowest BCUT2D eigenvalue weighted by molar-refractivity contribution is 0.397. The maximum absolute atomic E-state index is 5.77. The lowest BCUT2D eigenvalue weighted by atomic mass is 10.1. The molecule has 0 saturated carbocycles. The Morgan fingerprint density at radius 2 is 2.41 bits per heavy atom. The third-order valence-corrected chi connectivity index (χ3v) is 3.53. The third-order valence-electron chi connectivity index (χ3n) is 3.26. The summed E-state index contributed by atoms with van der Waals surface area (Å²) in [5.41, 5.74) is 0. The van der Waals surface area contributed by atoms with Crippen molar-refractivity contribution in [1.29, 1.82) is 0 Å². The number of aromatic nitrogens is 1. The highest BCUT2D eigenvalue weighted by molar-refractivity contribution is 6.17. The minimum Gasteiger partial charge on any atom is -0.481 e. The Hall–Kier alpha value is -0.960. The van der Waals surface area contributed by atoms with Crippen molar-refractivity contribution in [3.05, 3.63) is 18.2 Å². The Morgan fingerprint density at radius 1 is 1.53 bits per heavy atom. The summed E-state index contributed by atoms with van der Waals surface area (Å²) >= 11 is 5.77. The lowest BCUT2D eigenvalue weighted by Crippen LogP contribution is -2.29. The van der Waals surface area contributed by atoms with Crippen LogP contribution in [0.2, 0.25) is 0 Å². The van der Waals surface area contributed by atoms with Crippen molar-refractivity contribution in [2.75, 3.05) is 24.4 Å². The Morgan fingerprint density at radius 3 is 3.18 bits per heavy atom.